The average Bonchev–Trinajstić information content (AvgIpc) is 2.58. The molecule has 7 atom stereocenters. The molecule has 1 aliphatic carbocycles. The van der Waals surface area contributed by atoms with Crippen molar-refractivity contribution >= 4 is 5.97 Å². The summed E-state index contributed by atoms with van der Waals surface area (Å²) in [4.78, 5) is 11.3. The molecule has 2 aliphatic rings. The van der Waals surface area contributed by atoms with E-state index < -0.39 is 43.2 Å². The molecule has 2 fully saturated rings. The summed E-state index contributed by atoms with van der Waals surface area (Å²) < 4.78 is 21.6. The predicted molar refractivity (Wildman–Crippen MR) is 84.0 cm³/mol. The monoisotopic (exact) mass is 347 g/mol. The molecule has 4 N–H and O–H groups in total. The van der Waals surface area contributed by atoms with Crippen molar-refractivity contribution in [2.75, 3.05) is 20.3 Å². The second-order valence-corrected chi connectivity index (χ2v) is 6.58. The summed E-state index contributed by atoms with van der Waals surface area (Å²) in [5, 5.41) is 19.7. The zero-order chi connectivity index (χ0) is 17.7. The summed E-state index contributed by atoms with van der Waals surface area (Å²) in [6.07, 6.45) is 0.569. The summed E-state index contributed by atoms with van der Waals surface area (Å²) >= 11 is 0. The van der Waals surface area contributed by atoms with E-state index in [0.717, 1.165) is 19.3 Å². The topological polar surface area (TPSA) is 120 Å². The lowest BCUT2D eigenvalue weighted by atomic mass is 9.87. The van der Waals surface area contributed by atoms with E-state index in [2.05, 4.69) is 11.7 Å². The average molecular weight is 347 g/mol. The number of ether oxygens (including phenoxy) is 4. The van der Waals surface area contributed by atoms with Gasteiger partial charge in [-0.2, -0.15) is 0 Å². The first-order valence-corrected chi connectivity index (χ1v) is 8.51. The predicted octanol–water partition coefficient (Wildman–Crippen LogP) is -0.455. The molecule has 24 heavy (non-hydrogen) atoms. The largest absolute Gasteiger partial charge is 0.467 e. The Morgan fingerprint density at radius 2 is 2.04 bits per heavy atom. The molecule has 0 aromatic rings. The van der Waals surface area contributed by atoms with Gasteiger partial charge in [-0.15, -0.1) is 0 Å². The number of carbonyl (C=O) groups is 1. The van der Waals surface area contributed by atoms with Crippen molar-refractivity contribution in [2.24, 2.45) is 11.7 Å². The SMILES string of the molecule is COC(=O)CO[C@@H]1C(N)[C@H](O[C@H]2CCCC[C@@H]2C)OC(CO)[C@H]1O. The van der Waals surface area contributed by atoms with Crippen LogP contribution in [-0.2, 0) is 23.7 Å². The molecular weight excluding hydrogens is 318 g/mol. The summed E-state index contributed by atoms with van der Waals surface area (Å²) in [7, 11) is 1.25. The molecule has 2 unspecified atom stereocenters. The molecular formula is C16H29NO7. The van der Waals surface area contributed by atoms with Crippen LogP contribution in [0.3, 0.4) is 0 Å². The summed E-state index contributed by atoms with van der Waals surface area (Å²) in [5.41, 5.74) is 6.15. The van der Waals surface area contributed by atoms with Gasteiger partial charge in [0.2, 0.25) is 0 Å². The highest BCUT2D eigenvalue weighted by Crippen LogP contribution is 2.31. The van der Waals surface area contributed by atoms with Gasteiger partial charge in [-0.3, -0.25) is 0 Å². The van der Waals surface area contributed by atoms with Gasteiger partial charge in [0, 0.05) is 0 Å². The maximum atomic E-state index is 11.3. The van der Waals surface area contributed by atoms with Gasteiger partial charge in [-0.05, 0) is 18.8 Å². The minimum atomic E-state index is -1.15. The highest BCUT2D eigenvalue weighted by atomic mass is 16.7. The molecule has 1 heterocycles. The third kappa shape index (κ3) is 4.65. The Hall–Kier alpha value is -0.770. The molecule has 1 aliphatic heterocycles. The van der Waals surface area contributed by atoms with E-state index in [-0.39, 0.29) is 12.7 Å². The van der Waals surface area contributed by atoms with Crippen LogP contribution in [0.1, 0.15) is 32.6 Å². The Balaban J connectivity index is 2.02. The van der Waals surface area contributed by atoms with Gasteiger partial charge >= 0.3 is 5.97 Å². The van der Waals surface area contributed by atoms with Crippen LogP contribution in [0.2, 0.25) is 0 Å². The molecule has 2 rings (SSSR count). The highest BCUT2D eigenvalue weighted by molar-refractivity contribution is 5.70. The third-order valence-electron chi connectivity index (χ3n) is 4.86. The van der Waals surface area contributed by atoms with Crippen molar-refractivity contribution in [3.63, 3.8) is 0 Å². The molecule has 0 radical (unpaired) electrons. The first kappa shape index (κ1) is 19.6. The van der Waals surface area contributed by atoms with Crippen LogP contribution in [0.4, 0.5) is 0 Å². The number of aliphatic hydroxyl groups is 2. The fourth-order valence-corrected chi connectivity index (χ4v) is 3.30. The Labute approximate surface area is 142 Å². The number of hydrogen-bond acceptors (Lipinski definition) is 8. The minimum Gasteiger partial charge on any atom is -0.467 e. The molecule has 8 heteroatoms. The van der Waals surface area contributed by atoms with Crippen molar-refractivity contribution in [3.8, 4) is 0 Å². The Kier molecular flexibility index (Phi) is 7.39. The van der Waals surface area contributed by atoms with E-state index in [0.29, 0.717) is 5.92 Å². The Bertz CT molecular complexity index is 408. The molecule has 0 spiro atoms. The number of rotatable bonds is 6. The van der Waals surface area contributed by atoms with Gasteiger partial charge in [0.15, 0.2) is 6.29 Å². The minimum absolute atomic E-state index is 0.0191. The van der Waals surface area contributed by atoms with Crippen LogP contribution >= 0.6 is 0 Å². The quantitative estimate of drug-likeness (QED) is 0.552. The molecule has 140 valence electrons. The normalized spacial score (nSPS) is 40.3. The van der Waals surface area contributed by atoms with Crippen molar-refractivity contribution in [2.45, 2.75) is 69.4 Å². The number of methoxy groups -OCH3 is 1. The second-order valence-electron chi connectivity index (χ2n) is 6.58. The fourth-order valence-electron chi connectivity index (χ4n) is 3.30. The van der Waals surface area contributed by atoms with Gasteiger partial charge < -0.3 is 34.9 Å². The van der Waals surface area contributed by atoms with Crippen LogP contribution < -0.4 is 5.73 Å². The van der Waals surface area contributed by atoms with E-state index in [9.17, 15) is 15.0 Å². The highest BCUT2D eigenvalue weighted by Gasteiger charge is 2.46. The van der Waals surface area contributed by atoms with Crippen molar-refractivity contribution in [3.05, 3.63) is 0 Å². The van der Waals surface area contributed by atoms with Gasteiger partial charge in [-0.1, -0.05) is 19.8 Å². The van der Waals surface area contributed by atoms with Crippen molar-refractivity contribution < 1.29 is 34.0 Å². The number of carbonyl (C=O) groups excluding carboxylic acids is 1. The van der Waals surface area contributed by atoms with Gasteiger partial charge in [0.1, 0.15) is 24.9 Å². The number of aliphatic hydroxyl groups excluding tert-OH is 2. The van der Waals surface area contributed by atoms with Crippen LogP contribution in [-0.4, -0.2) is 73.3 Å². The van der Waals surface area contributed by atoms with Crippen LogP contribution in [0.15, 0.2) is 0 Å². The van der Waals surface area contributed by atoms with E-state index in [1.54, 1.807) is 0 Å². The fraction of sp³-hybridized carbons (Fsp3) is 0.938. The molecule has 0 amide bonds. The maximum Gasteiger partial charge on any atom is 0.331 e. The van der Waals surface area contributed by atoms with Gasteiger partial charge in [-0.25, -0.2) is 4.79 Å². The van der Waals surface area contributed by atoms with E-state index >= 15 is 0 Å². The van der Waals surface area contributed by atoms with Gasteiger partial charge in [0.25, 0.3) is 0 Å². The zero-order valence-electron chi connectivity index (χ0n) is 14.3. The lowest BCUT2D eigenvalue weighted by molar-refractivity contribution is -0.289. The van der Waals surface area contributed by atoms with E-state index in [1.807, 2.05) is 0 Å². The molecule has 0 aromatic carbocycles. The number of hydrogen-bond donors (Lipinski definition) is 3. The summed E-state index contributed by atoms with van der Waals surface area (Å²) in [5.74, 6) is -0.178. The van der Waals surface area contributed by atoms with Crippen molar-refractivity contribution in [1.82, 2.24) is 0 Å². The van der Waals surface area contributed by atoms with E-state index in [1.165, 1.54) is 13.5 Å². The van der Waals surface area contributed by atoms with Gasteiger partial charge in [0.05, 0.1) is 25.9 Å². The smallest absolute Gasteiger partial charge is 0.331 e. The van der Waals surface area contributed by atoms with Crippen LogP contribution in [0.5, 0.6) is 0 Å². The van der Waals surface area contributed by atoms with Crippen molar-refractivity contribution in [1.29, 1.82) is 0 Å². The molecule has 0 bridgehead atoms. The standard InChI is InChI=1S/C16H29NO7/c1-9-5-3-4-6-10(9)23-16-13(17)15(22-8-12(19)21-2)14(20)11(7-18)24-16/h9-11,13-16,18,20H,3-8,17H2,1-2H3/t9-,10-,11?,13?,14+,15+,16+/m0/s1. The molecule has 1 saturated heterocycles. The zero-order valence-corrected chi connectivity index (χ0v) is 14.3. The summed E-state index contributed by atoms with van der Waals surface area (Å²) in [6, 6.07) is -0.776. The first-order chi connectivity index (χ1) is 11.5. The molecule has 8 nitrogen and oxygen atoms in total. The lowest BCUT2D eigenvalue weighted by Crippen LogP contribution is -2.64. The number of nitrogens with two attached hydrogens (primary N) is 1. The van der Waals surface area contributed by atoms with E-state index in [4.69, 9.17) is 19.9 Å². The Morgan fingerprint density at radius 3 is 2.67 bits per heavy atom. The summed E-state index contributed by atoms with van der Waals surface area (Å²) in [6.45, 7) is 1.39. The number of esters is 1. The third-order valence-corrected chi connectivity index (χ3v) is 4.86. The van der Waals surface area contributed by atoms with Crippen LogP contribution in [0.25, 0.3) is 0 Å². The molecule has 1 saturated carbocycles. The molecule has 0 aromatic heterocycles. The Morgan fingerprint density at radius 1 is 1.33 bits per heavy atom. The lowest BCUT2D eigenvalue weighted by Gasteiger charge is -2.44. The van der Waals surface area contributed by atoms with Crippen LogP contribution in [0, 0.1) is 5.92 Å². The second kappa shape index (κ2) is 9.07. The first-order valence-electron chi connectivity index (χ1n) is 8.51. The maximum absolute atomic E-state index is 11.3.